The van der Waals surface area contributed by atoms with E-state index in [-0.39, 0.29) is 5.76 Å². The molecule has 0 aliphatic rings. The van der Waals surface area contributed by atoms with E-state index >= 15 is 0 Å². The van der Waals surface area contributed by atoms with Crippen molar-refractivity contribution in [1.29, 1.82) is 0 Å². The molecule has 3 nitrogen and oxygen atoms in total. The Kier molecular flexibility index (Phi) is 4.08. The third-order valence-electron chi connectivity index (χ3n) is 2.79. The van der Waals surface area contributed by atoms with Crippen LogP contribution in [0, 0.1) is 0 Å². The van der Waals surface area contributed by atoms with Gasteiger partial charge in [-0.1, -0.05) is 36.4 Å². The van der Waals surface area contributed by atoms with Crippen LogP contribution in [0.25, 0.3) is 11.8 Å². The highest BCUT2D eigenvalue weighted by Crippen LogP contribution is 2.34. The van der Waals surface area contributed by atoms with Crippen LogP contribution in [0.15, 0.2) is 48.5 Å². The molecule has 0 saturated carbocycles. The Morgan fingerprint density at radius 3 is 2.00 bits per heavy atom. The van der Waals surface area contributed by atoms with E-state index in [1.165, 1.54) is 0 Å². The summed E-state index contributed by atoms with van der Waals surface area (Å²) in [5.74, 6) is 1.26. The number of methoxy groups -OCH3 is 2. The number of ether oxygens (including phenoxy) is 2. The van der Waals surface area contributed by atoms with Gasteiger partial charge in [-0.05, 0) is 23.8 Å². The van der Waals surface area contributed by atoms with E-state index < -0.39 is 0 Å². The number of aliphatic hydroxyl groups is 1. The van der Waals surface area contributed by atoms with Crippen molar-refractivity contribution in [3.05, 3.63) is 59.7 Å². The summed E-state index contributed by atoms with van der Waals surface area (Å²) in [5.41, 5.74) is 1.46. The standard InChI is InChI=1S/C16H16O3/c1-18-14-9-6-10-15(19-2)16(14)13(17)11-12-7-4-3-5-8-12/h3-11,17H,1-2H3. The SMILES string of the molecule is COc1cccc(OC)c1C(O)=Cc1ccccc1. The molecule has 0 aromatic heterocycles. The molecule has 0 spiro atoms. The third-order valence-corrected chi connectivity index (χ3v) is 2.79. The van der Waals surface area contributed by atoms with Crippen LogP contribution in [0.5, 0.6) is 11.5 Å². The molecule has 0 aliphatic carbocycles. The second-order valence-electron chi connectivity index (χ2n) is 3.98. The number of hydrogen-bond donors (Lipinski definition) is 1. The van der Waals surface area contributed by atoms with Crippen LogP contribution in [0.1, 0.15) is 11.1 Å². The third kappa shape index (κ3) is 2.88. The van der Waals surface area contributed by atoms with Gasteiger partial charge in [0.15, 0.2) is 0 Å². The van der Waals surface area contributed by atoms with Gasteiger partial charge in [0.2, 0.25) is 0 Å². The van der Waals surface area contributed by atoms with Crippen LogP contribution in [-0.4, -0.2) is 19.3 Å². The minimum Gasteiger partial charge on any atom is -0.507 e. The van der Waals surface area contributed by atoms with Crippen molar-refractivity contribution in [3.8, 4) is 11.5 Å². The molecule has 2 aromatic rings. The quantitative estimate of drug-likeness (QED) is 0.668. The van der Waals surface area contributed by atoms with Gasteiger partial charge in [-0.25, -0.2) is 0 Å². The zero-order chi connectivity index (χ0) is 13.7. The highest BCUT2D eigenvalue weighted by Gasteiger charge is 2.13. The van der Waals surface area contributed by atoms with Crippen molar-refractivity contribution in [2.75, 3.05) is 14.2 Å². The number of rotatable bonds is 4. The first-order valence-corrected chi connectivity index (χ1v) is 5.93. The molecule has 1 N–H and O–H groups in total. The molecule has 0 radical (unpaired) electrons. The molecule has 0 unspecified atom stereocenters. The van der Waals surface area contributed by atoms with Gasteiger partial charge in [-0.2, -0.15) is 0 Å². The van der Waals surface area contributed by atoms with Crippen LogP contribution in [0.2, 0.25) is 0 Å². The van der Waals surface area contributed by atoms with E-state index in [0.717, 1.165) is 5.56 Å². The topological polar surface area (TPSA) is 38.7 Å². The van der Waals surface area contributed by atoms with Gasteiger partial charge in [0, 0.05) is 0 Å². The maximum absolute atomic E-state index is 10.3. The molecule has 0 amide bonds. The van der Waals surface area contributed by atoms with Crippen molar-refractivity contribution in [2.45, 2.75) is 0 Å². The summed E-state index contributed by atoms with van der Waals surface area (Å²) in [5, 5.41) is 10.3. The Balaban J connectivity index is 2.49. The molecule has 2 rings (SSSR count). The fraction of sp³-hybridized carbons (Fsp3) is 0.125. The van der Waals surface area contributed by atoms with Crippen LogP contribution >= 0.6 is 0 Å². The Morgan fingerprint density at radius 1 is 0.895 bits per heavy atom. The van der Waals surface area contributed by atoms with Gasteiger partial charge in [-0.3, -0.25) is 0 Å². The van der Waals surface area contributed by atoms with Crippen LogP contribution in [0.3, 0.4) is 0 Å². The van der Waals surface area contributed by atoms with Crippen molar-refractivity contribution < 1.29 is 14.6 Å². The lowest BCUT2D eigenvalue weighted by molar-refractivity contribution is 0.385. The predicted octanol–water partition coefficient (Wildman–Crippen LogP) is 3.76. The van der Waals surface area contributed by atoms with Crippen molar-refractivity contribution in [3.63, 3.8) is 0 Å². The normalized spacial score (nSPS) is 11.2. The van der Waals surface area contributed by atoms with Gasteiger partial charge < -0.3 is 14.6 Å². The van der Waals surface area contributed by atoms with Crippen LogP contribution in [0.4, 0.5) is 0 Å². The maximum atomic E-state index is 10.3. The summed E-state index contributed by atoms with van der Waals surface area (Å²) < 4.78 is 10.5. The molecular weight excluding hydrogens is 240 g/mol. The first-order valence-electron chi connectivity index (χ1n) is 5.93. The molecule has 0 aliphatic heterocycles. The molecule has 0 fully saturated rings. The molecule has 2 aromatic carbocycles. The minimum absolute atomic E-state index is 0.112. The Labute approximate surface area is 112 Å². The van der Waals surface area contributed by atoms with Crippen molar-refractivity contribution >= 4 is 11.8 Å². The fourth-order valence-electron chi connectivity index (χ4n) is 1.88. The molecule has 0 bridgehead atoms. The molecule has 3 heteroatoms. The summed E-state index contributed by atoms with van der Waals surface area (Å²) in [4.78, 5) is 0. The summed E-state index contributed by atoms with van der Waals surface area (Å²) in [7, 11) is 3.13. The average Bonchev–Trinajstić information content (AvgIpc) is 2.47. The largest absolute Gasteiger partial charge is 0.507 e. The minimum atomic E-state index is 0.112. The van der Waals surface area contributed by atoms with E-state index in [2.05, 4.69) is 0 Å². The van der Waals surface area contributed by atoms with Gasteiger partial charge >= 0.3 is 0 Å². The summed E-state index contributed by atoms with van der Waals surface area (Å²) >= 11 is 0. The molecular formula is C16H16O3. The van der Waals surface area contributed by atoms with E-state index in [1.807, 2.05) is 36.4 Å². The van der Waals surface area contributed by atoms with E-state index in [4.69, 9.17) is 9.47 Å². The molecule has 0 heterocycles. The predicted molar refractivity (Wildman–Crippen MR) is 76.5 cm³/mol. The highest BCUT2D eigenvalue weighted by molar-refractivity contribution is 5.82. The second-order valence-corrected chi connectivity index (χ2v) is 3.98. The number of benzene rings is 2. The fourth-order valence-corrected chi connectivity index (χ4v) is 1.88. The summed E-state index contributed by atoms with van der Waals surface area (Å²) in [6.45, 7) is 0. The zero-order valence-corrected chi connectivity index (χ0v) is 11.0. The lowest BCUT2D eigenvalue weighted by Gasteiger charge is -2.12. The number of aliphatic hydroxyl groups excluding tert-OH is 1. The smallest absolute Gasteiger partial charge is 0.133 e. The summed E-state index contributed by atoms with van der Waals surface area (Å²) in [6, 6.07) is 15.0. The molecule has 0 saturated heterocycles. The Hall–Kier alpha value is -2.42. The summed E-state index contributed by atoms with van der Waals surface area (Å²) in [6.07, 6.45) is 1.68. The van der Waals surface area contributed by atoms with E-state index in [9.17, 15) is 5.11 Å². The Bertz CT molecular complexity index is 552. The molecule has 0 atom stereocenters. The second kappa shape index (κ2) is 5.96. The van der Waals surface area contributed by atoms with Crippen molar-refractivity contribution in [1.82, 2.24) is 0 Å². The van der Waals surface area contributed by atoms with E-state index in [0.29, 0.717) is 17.1 Å². The zero-order valence-electron chi connectivity index (χ0n) is 11.0. The monoisotopic (exact) mass is 256 g/mol. The van der Waals surface area contributed by atoms with Gasteiger partial charge in [0.05, 0.1) is 14.2 Å². The van der Waals surface area contributed by atoms with E-state index in [1.54, 1.807) is 32.4 Å². The lowest BCUT2D eigenvalue weighted by Crippen LogP contribution is -1.96. The first-order chi connectivity index (χ1) is 9.26. The maximum Gasteiger partial charge on any atom is 0.133 e. The molecule has 19 heavy (non-hydrogen) atoms. The Morgan fingerprint density at radius 2 is 1.47 bits per heavy atom. The van der Waals surface area contributed by atoms with Crippen molar-refractivity contribution in [2.24, 2.45) is 0 Å². The number of hydrogen-bond acceptors (Lipinski definition) is 3. The van der Waals surface area contributed by atoms with Gasteiger partial charge in [0.1, 0.15) is 22.8 Å². The van der Waals surface area contributed by atoms with Crippen LogP contribution in [-0.2, 0) is 0 Å². The highest BCUT2D eigenvalue weighted by atomic mass is 16.5. The van der Waals surface area contributed by atoms with Crippen LogP contribution < -0.4 is 9.47 Å². The molecule has 98 valence electrons. The van der Waals surface area contributed by atoms with Gasteiger partial charge in [0.25, 0.3) is 0 Å². The lowest BCUT2D eigenvalue weighted by atomic mass is 10.1. The first kappa shape index (κ1) is 13.0. The van der Waals surface area contributed by atoms with Gasteiger partial charge in [-0.15, -0.1) is 0 Å². The average molecular weight is 256 g/mol.